The molecule has 0 saturated carbocycles. The van der Waals surface area contributed by atoms with E-state index < -0.39 is 5.97 Å². The van der Waals surface area contributed by atoms with Gasteiger partial charge in [-0.2, -0.15) is 0 Å². The molecule has 1 aliphatic heterocycles. The molecule has 2 rings (SSSR count). The van der Waals surface area contributed by atoms with Crippen LogP contribution in [0.5, 0.6) is 0 Å². The number of carbonyl (C=O) groups is 3. The number of benzene rings is 1. The van der Waals surface area contributed by atoms with Gasteiger partial charge in [0.25, 0.3) is 5.91 Å². The molecule has 0 bridgehead atoms. The van der Waals surface area contributed by atoms with Crippen molar-refractivity contribution in [1.29, 1.82) is 0 Å². The van der Waals surface area contributed by atoms with E-state index >= 15 is 0 Å². The molecule has 6 nitrogen and oxygen atoms in total. The minimum Gasteiger partial charge on any atom is -0.481 e. The molecule has 2 unspecified atom stereocenters. The zero-order valence-electron chi connectivity index (χ0n) is 24.9. The largest absolute Gasteiger partial charge is 0.481 e. The van der Waals surface area contributed by atoms with Crippen molar-refractivity contribution in [2.45, 2.75) is 72.1 Å². The number of nitrogens with one attached hydrogen (secondary N) is 1. The Morgan fingerprint density at radius 2 is 1.80 bits per heavy atom. The van der Waals surface area contributed by atoms with Crippen LogP contribution >= 0.6 is 11.6 Å². The van der Waals surface area contributed by atoms with Crippen LogP contribution in [0.25, 0.3) is 0 Å². The van der Waals surface area contributed by atoms with E-state index in [4.69, 9.17) is 16.7 Å². The van der Waals surface area contributed by atoms with E-state index in [1.165, 1.54) is 5.57 Å². The van der Waals surface area contributed by atoms with Crippen LogP contribution in [0.15, 0.2) is 83.0 Å². The third-order valence-electron chi connectivity index (χ3n) is 7.13. The monoisotopic (exact) mass is 580 g/mol. The summed E-state index contributed by atoms with van der Waals surface area (Å²) in [6.45, 7) is 9.37. The van der Waals surface area contributed by atoms with Gasteiger partial charge in [0.15, 0.2) is 0 Å². The van der Waals surface area contributed by atoms with Crippen LogP contribution in [0.1, 0.15) is 88.1 Å². The molecule has 7 heteroatoms. The zero-order valence-corrected chi connectivity index (χ0v) is 25.6. The smallest absolute Gasteiger partial charge is 0.305 e. The Hall–Kier alpha value is -3.38. The second kappa shape index (κ2) is 18.1. The molecule has 41 heavy (non-hydrogen) atoms. The van der Waals surface area contributed by atoms with Gasteiger partial charge >= 0.3 is 5.97 Å². The fraction of sp³-hybridized carbons (Fsp3) is 0.441. The number of halogens is 1. The number of amides is 2. The third-order valence-corrected chi connectivity index (χ3v) is 7.25. The quantitative estimate of drug-likeness (QED) is 0.210. The fourth-order valence-electron chi connectivity index (χ4n) is 5.07. The fourth-order valence-corrected chi connectivity index (χ4v) is 5.13. The van der Waals surface area contributed by atoms with Gasteiger partial charge in [-0.3, -0.25) is 14.4 Å². The molecular weight excluding hydrogens is 536 g/mol. The average molecular weight is 581 g/mol. The van der Waals surface area contributed by atoms with Gasteiger partial charge in [0.1, 0.15) is 0 Å². The molecule has 222 valence electrons. The van der Waals surface area contributed by atoms with Crippen molar-refractivity contribution < 1.29 is 19.5 Å². The summed E-state index contributed by atoms with van der Waals surface area (Å²) < 4.78 is 0. The van der Waals surface area contributed by atoms with Gasteiger partial charge in [-0.05, 0) is 68.4 Å². The number of hydrogen-bond donors (Lipinski definition) is 2. The lowest BCUT2D eigenvalue weighted by atomic mass is 9.76. The minimum atomic E-state index is -0.959. The van der Waals surface area contributed by atoms with Crippen LogP contribution in [0.2, 0.25) is 0 Å². The lowest BCUT2D eigenvalue weighted by Gasteiger charge is -2.35. The normalized spacial score (nSPS) is 16.1. The molecule has 1 aromatic carbocycles. The van der Waals surface area contributed by atoms with E-state index in [-0.39, 0.29) is 36.6 Å². The topological polar surface area (TPSA) is 86.7 Å². The molecule has 0 saturated heterocycles. The van der Waals surface area contributed by atoms with Crippen LogP contribution < -0.4 is 5.32 Å². The number of nitrogens with zero attached hydrogens (tertiary/aromatic N) is 1. The predicted molar refractivity (Wildman–Crippen MR) is 168 cm³/mol. The molecule has 2 amide bonds. The summed E-state index contributed by atoms with van der Waals surface area (Å²) in [5.74, 6) is -1.58. The van der Waals surface area contributed by atoms with Gasteiger partial charge in [0, 0.05) is 30.2 Å². The van der Waals surface area contributed by atoms with Gasteiger partial charge in [0.2, 0.25) is 5.91 Å². The summed E-state index contributed by atoms with van der Waals surface area (Å²) in [6.07, 6.45) is 18.2. The molecule has 0 fully saturated rings. The molecule has 1 heterocycles. The maximum atomic E-state index is 14.3. The standard InChI is InChI=1S/C34H45ClN2O4/c1-5-8-9-12-26-20-23-37(24-21-26)34(41)32(28(10-6-2)14-13-25(4)35)30(11-7-3)27-15-17-29(18-16-27)33(40)36-22-19-31(38)39/h5,8-9,12-18,20,30,32H,6-7,10-11,19,21-24H2,1-4H3,(H,36,40)(H,38,39). The van der Waals surface area contributed by atoms with Crippen LogP contribution in [0.3, 0.4) is 0 Å². The molecule has 0 aromatic heterocycles. The van der Waals surface area contributed by atoms with Crippen molar-refractivity contribution in [1.82, 2.24) is 10.2 Å². The summed E-state index contributed by atoms with van der Waals surface area (Å²) in [5.41, 5.74) is 3.76. The Balaban J connectivity index is 2.44. The van der Waals surface area contributed by atoms with Crippen molar-refractivity contribution in [3.05, 3.63) is 94.1 Å². The highest BCUT2D eigenvalue weighted by Gasteiger charge is 2.35. The zero-order chi connectivity index (χ0) is 30.2. The van der Waals surface area contributed by atoms with Gasteiger partial charge in [0.05, 0.1) is 12.3 Å². The molecular formula is C34H45ClN2O4. The van der Waals surface area contributed by atoms with Crippen LogP contribution in [-0.4, -0.2) is 47.4 Å². The number of hydrogen-bond acceptors (Lipinski definition) is 3. The van der Waals surface area contributed by atoms with Crippen LogP contribution in [-0.2, 0) is 9.59 Å². The van der Waals surface area contributed by atoms with E-state index in [1.54, 1.807) is 12.1 Å². The summed E-state index contributed by atoms with van der Waals surface area (Å²) in [5, 5.41) is 12.1. The summed E-state index contributed by atoms with van der Waals surface area (Å²) in [7, 11) is 0. The lowest BCUT2D eigenvalue weighted by Crippen LogP contribution is -2.41. The van der Waals surface area contributed by atoms with Gasteiger partial charge < -0.3 is 15.3 Å². The molecule has 1 aliphatic rings. The molecule has 2 N–H and O–H groups in total. The second-order valence-corrected chi connectivity index (χ2v) is 10.9. The SMILES string of the molecule is CC=CC=CC1=CCN(C(=O)C(C(=CC=C(C)Cl)CCC)C(CCC)c2ccc(C(=O)NCCC(=O)O)cc2)CC1. The van der Waals surface area contributed by atoms with E-state index in [2.05, 4.69) is 31.3 Å². The molecule has 1 aromatic rings. The van der Waals surface area contributed by atoms with Crippen molar-refractivity contribution >= 4 is 29.4 Å². The average Bonchev–Trinajstić information content (AvgIpc) is 2.95. The molecule has 0 spiro atoms. The number of rotatable bonds is 15. The van der Waals surface area contributed by atoms with E-state index in [1.807, 2.05) is 61.3 Å². The Morgan fingerprint density at radius 1 is 1.07 bits per heavy atom. The van der Waals surface area contributed by atoms with Gasteiger partial charge in [-0.1, -0.05) is 92.5 Å². The number of carboxylic acid groups (broad SMARTS) is 1. The highest BCUT2D eigenvalue weighted by Crippen LogP contribution is 2.38. The highest BCUT2D eigenvalue weighted by molar-refractivity contribution is 6.29. The van der Waals surface area contributed by atoms with Crippen molar-refractivity contribution in [3.63, 3.8) is 0 Å². The van der Waals surface area contributed by atoms with E-state index in [0.29, 0.717) is 23.7 Å². The Morgan fingerprint density at radius 3 is 2.37 bits per heavy atom. The third kappa shape index (κ3) is 11.2. The molecule has 2 atom stereocenters. The second-order valence-electron chi connectivity index (χ2n) is 10.3. The summed E-state index contributed by atoms with van der Waals surface area (Å²) in [6, 6.07) is 7.38. The minimum absolute atomic E-state index is 0.0702. The molecule has 0 aliphatic carbocycles. The first-order valence-corrected chi connectivity index (χ1v) is 15.0. The first-order chi connectivity index (χ1) is 19.7. The maximum absolute atomic E-state index is 14.3. The highest BCUT2D eigenvalue weighted by atomic mass is 35.5. The van der Waals surface area contributed by atoms with E-state index in [9.17, 15) is 14.4 Å². The lowest BCUT2D eigenvalue weighted by molar-refractivity contribution is -0.137. The predicted octanol–water partition coefficient (Wildman–Crippen LogP) is 7.55. The van der Waals surface area contributed by atoms with Crippen molar-refractivity contribution in [2.24, 2.45) is 5.92 Å². The van der Waals surface area contributed by atoms with Crippen LogP contribution in [0.4, 0.5) is 0 Å². The summed E-state index contributed by atoms with van der Waals surface area (Å²) >= 11 is 6.21. The number of aliphatic carboxylic acids is 1. The Labute approximate surface area is 250 Å². The number of carboxylic acids is 1. The first kappa shape index (κ1) is 33.8. The van der Waals surface area contributed by atoms with Gasteiger partial charge in [-0.15, -0.1) is 0 Å². The van der Waals surface area contributed by atoms with Gasteiger partial charge in [-0.25, -0.2) is 0 Å². The number of allylic oxidation sites excluding steroid dienone is 7. The van der Waals surface area contributed by atoms with Crippen molar-refractivity contribution in [2.75, 3.05) is 19.6 Å². The Bertz CT molecular complexity index is 1170. The summed E-state index contributed by atoms with van der Waals surface area (Å²) in [4.78, 5) is 39.6. The van der Waals surface area contributed by atoms with Crippen LogP contribution in [0, 0.1) is 5.92 Å². The first-order valence-electron chi connectivity index (χ1n) is 14.6. The van der Waals surface area contributed by atoms with Crippen molar-refractivity contribution in [3.8, 4) is 0 Å². The number of carbonyl (C=O) groups excluding carboxylic acids is 2. The maximum Gasteiger partial charge on any atom is 0.305 e. The van der Waals surface area contributed by atoms with E-state index in [0.717, 1.165) is 43.2 Å². The Kier molecular flexibility index (Phi) is 15.0. The molecule has 0 radical (unpaired) electrons.